The zero-order valence-electron chi connectivity index (χ0n) is 11.8. The third-order valence-electron chi connectivity index (χ3n) is 3.65. The number of alkyl halides is 2. The maximum absolute atomic E-state index is 14.5. The highest BCUT2D eigenvalue weighted by molar-refractivity contribution is 6.33. The molecule has 0 heterocycles. The summed E-state index contributed by atoms with van der Waals surface area (Å²) in [4.78, 5) is 0. The molecule has 0 bridgehead atoms. The summed E-state index contributed by atoms with van der Waals surface area (Å²) in [6.45, 7) is 0. The van der Waals surface area contributed by atoms with Gasteiger partial charge >= 0.3 is 13.2 Å². The van der Waals surface area contributed by atoms with Crippen LogP contribution in [0.25, 0.3) is 11.1 Å². The zero-order valence-corrected chi connectivity index (χ0v) is 11.8. The van der Waals surface area contributed by atoms with E-state index in [0.717, 1.165) is 0 Å². The summed E-state index contributed by atoms with van der Waals surface area (Å²) in [7, 11) is -3.03. The Balaban J connectivity index is 2.57. The van der Waals surface area contributed by atoms with E-state index in [2.05, 4.69) is 4.65 Å². The van der Waals surface area contributed by atoms with Crippen molar-refractivity contribution in [2.45, 2.75) is 5.92 Å². The summed E-state index contributed by atoms with van der Waals surface area (Å²) in [6, 6.07) is 0. The third-order valence-corrected chi connectivity index (χ3v) is 3.65. The number of hydrogen-bond donors (Lipinski definition) is 2. The lowest BCUT2D eigenvalue weighted by Crippen LogP contribution is -2.25. The molecule has 0 amide bonds. The summed E-state index contributed by atoms with van der Waals surface area (Å²) in [5.74, 6) is -24.8. The Morgan fingerprint density at radius 3 is 1.54 bits per heavy atom. The molecule has 0 radical (unpaired) electrons. The normalized spacial score (nSPS) is 14.3. The monoisotopic (exact) mass is 388 g/mol. The van der Waals surface area contributed by atoms with Crippen molar-refractivity contribution < 1.29 is 54.2 Å². The van der Waals surface area contributed by atoms with Crippen molar-refractivity contribution >= 4 is 7.32 Å². The Hall–Kier alpha value is -2.41. The van der Waals surface area contributed by atoms with Gasteiger partial charge in [-0.3, -0.25) is 0 Å². The van der Waals surface area contributed by atoms with Gasteiger partial charge in [0.15, 0.2) is 40.7 Å². The molecular formula is C13H2BF9O3. The number of fused-ring (bicyclic) bond motifs is 3. The van der Waals surface area contributed by atoms with Gasteiger partial charge in [-0.05, 0) is 0 Å². The van der Waals surface area contributed by atoms with E-state index in [1.165, 1.54) is 0 Å². The maximum atomic E-state index is 14.5. The number of hydrogen-bond acceptors (Lipinski definition) is 3. The van der Waals surface area contributed by atoms with Crippen LogP contribution in [0.3, 0.4) is 0 Å². The molecule has 1 aliphatic carbocycles. The van der Waals surface area contributed by atoms with Crippen molar-refractivity contribution in [3.8, 4) is 16.9 Å². The fraction of sp³-hybridized carbons (Fsp3) is 0.0769. The van der Waals surface area contributed by atoms with Gasteiger partial charge in [-0.25, -0.2) is 26.3 Å². The molecule has 26 heavy (non-hydrogen) atoms. The van der Waals surface area contributed by atoms with E-state index in [0.29, 0.717) is 0 Å². The minimum Gasteiger partial charge on any atom is -0.509 e. The van der Waals surface area contributed by atoms with Crippen LogP contribution in [0.1, 0.15) is 11.1 Å². The van der Waals surface area contributed by atoms with Crippen LogP contribution in [-0.2, 0) is 5.92 Å². The second kappa shape index (κ2) is 5.54. The standard InChI is InChI=1S/C13H2BF9O3/c15-5-1-2-4(12(26-14(24)25)11(21)9(19)6(2)16)13(22,23)3(1)7(17)10(20)8(5)18/h24-25H. The molecule has 0 atom stereocenters. The molecular weight excluding hydrogens is 386 g/mol. The first-order chi connectivity index (χ1) is 11.9. The molecule has 3 rings (SSSR count). The molecule has 0 saturated heterocycles. The highest BCUT2D eigenvalue weighted by Gasteiger charge is 2.55. The van der Waals surface area contributed by atoms with E-state index < -0.39 is 82.0 Å². The van der Waals surface area contributed by atoms with E-state index in [9.17, 15) is 39.5 Å². The first-order valence-corrected chi connectivity index (χ1v) is 6.41. The highest BCUT2D eigenvalue weighted by atomic mass is 19.3. The first kappa shape index (κ1) is 18.4. The summed E-state index contributed by atoms with van der Waals surface area (Å²) in [5.41, 5.74) is -8.05. The second-order valence-corrected chi connectivity index (χ2v) is 5.05. The van der Waals surface area contributed by atoms with Crippen LogP contribution in [0.15, 0.2) is 0 Å². The van der Waals surface area contributed by atoms with Gasteiger partial charge in [0, 0.05) is 11.1 Å². The van der Waals surface area contributed by atoms with Gasteiger partial charge in [-0.2, -0.15) is 13.2 Å². The summed E-state index contributed by atoms with van der Waals surface area (Å²) in [5, 5.41) is 17.3. The van der Waals surface area contributed by atoms with Gasteiger partial charge in [0.05, 0.1) is 11.1 Å². The second-order valence-electron chi connectivity index (χ2n) is 5.05. The van der Waals surface area contributed by atoms with E-state index in [1.807, 2.05) is 0 Å². The molecule has 2 aromatic carbocycles. The third kappa shape index (κ3) is 2.13. The summed E-state index contributed by atoms with van der Waals surface area (Å²) in [6.07, 6.45) is 0. The van der Waals surface area contributed by atoms with E-state index in [1.54, 1.807) is 0 Å². The van der Waals surface area contributed by atoms with E-state index >= 15 is 0 Å². The minimum absolute atomic E-state index is 1.85. The maximum Gasteiger partial charge on any atom is 0.707 e. The molecule has 0 saturated carbocycles. The largest absolute Gasteiger partial charge is 0.707 e. The molecule has 3 nitrogen and oxygen atoms in total. The fourth-order valence-corrected chi connectivity index (χ4v) is 2.68. The zero-order chi connectivity index (χ0) is 19.7. The van der Waals surface area contributed by atoms with Gasteiger partial charge in [-0.1, -0.05) is 0 Å². The van der Waals surface area contributed by atoms with Crippen molar-refractivity contribution in [2.24, 2.45) is 0 Å². The first-order valence-electron chi connectivity index (χ1n) is 6.41. The topological polar surface area (TPSA) is 49.7 Å². The van der Waals surface area contributed by atoms with Crippen LogP contribution in [0.5, 0.6) is 5.75 Å². The minimum atomic E-state index is -4.94. The number of benzene rings is 2. The highest BCUT2D eigenvalue weighted by Crippen LogP contribution is 2.58. The lowest BCUT2D eigenvalue weighted by atomic mass is 10.0. The predicted octanol–water partition coefficient (Wildman–Crippen LogP) is 3.13. The molecule has 2 N–H and O–H groups in total. The van der Waals surface area contributed by atoms with Gasteiger partial charge in [0.2, 0.25) is 5.82 Å². The Morgan fingerprint density at radius 1 is 0.615 bits per heavy atom. The smallest absolute Gasteiger partial charge is 0.509 e. The van der Waals surface area contributed by atoms with Crippen LogP contribution in [0, 0.1) is 40.7 Å². The van der Waals surface area contributed by atoms with Gasteiger partial charge in [-0.15, -0.1) is 0 Å². The molecule has 0 aliphatic heterocycles. The molecule has 1 aliphatic rings. The van der Waals surface area contributed by atoms with Crippen LogP contribution < -0.4 is 4.65 Å². The average Bonchev–Trinajstić information content (AvgIpc) is 2.80. The van der Waals surface area contributed by atoms with Crippen LogP contribution in [0.2, 0.25) is 0 Å². The average molecular weight is 388 g/mol. The van der Waals surface area contributed by atoms with Crippen molar-refractivity contribution in [3.05, 3.63) is 51.8 Å². The SMILES string of the molecule is OB(O)Oc1c(F)c(F)c(F)c2c1C(F)(F)c1c(F)c(F)c(F)c(F)c1-2. The molecule has 0 aromatic heterocycles. The molecule has 0 fully saturated rings. The van der Waals surface area contributed by atoms with Crippen LogP contribution >= 0.6 is 0 Å². The number of rotatable bonds is 2. The van der Waals surface area contributed by atoms with Crippen molar-refractivity contribution in [1.29, 1.82) is 0 Å². The van der Waals surface area contributed by atoms with Crippen LogP contribution in [0.4, 0.5) is 39.5 Å². The lowest BCUT2D eigenvalue weighted by molar-refractivity contribution is 0.0400. The Kier molecular flexibility index (Phi) is 3.92. The van der Waals surface area contributed by atoms with Gasteiger partial charge < -0.3 is 14.7 Å². The predicted molar refractivity (Wildman–Crippen MR) is 65.4 cm³/mol. The van der Waals surface area contributed by atoms with Gasteiger partial charge in [0.25, 0.3) is 0 Å². The lowest BCUT2D eigenvalue weighted by Gasteiger charge is -2.18. The van der Waals surface area contributed by atoms with E-state index in [4.69, 9.17) is 10.0 Å². The summed E-state index contributed by atoms with van der Waals surface area (Å²) >= 11 is 0. The quantitative estimate of drug-likeness (QED) is 0.360. The fourth-order valence-electron chi connectivity index (χ4n) is 2.68. The van der Waals surface area contributed by atoms with Crippen molar-refractivity contribution in [2.75, 3.05) is 0 Å². The Morgan fingerprint density at radius 2 is 1.04 bits per heavy atom. The molecule has 138 valence electrons. The molecule has 0 unspecified atom stereocenters. The Labute approximate surface area is 137 Å². The van der Waals surface area contributed by atoms with Crippen LogP contribution in [-0.4, -0.2) is 17.4 Å². The summed E-state index contributed by atoms with van der Waals surface area (Å²) < 4.78 is 129. The van der Waals surface area contributed by atoms with Crippen molar-refractivity contribution in [1.82, 2.24) is 0 Å². The Bertz CT molecular complexity index is 961. The molecule has 0 spiro atoms. The van der Waals surface area contributed by atoms with Gasteiger partial charge in [0.1, 0.15) is 0 Å². The molecule has 13 heteroatoms. The number of halogens is 9. The van der Waals surface area contributed by atoms with Crippen molar-refractivity contribution in [3.63, 3.8) is 0 Å². The molecule has 2 aromatic rings. The van der Waals surface area contributed by atoms with E-state index in [-0.39, 0.29) is 0 Å².